The number of benzene rings is 2. The Kier molecular flexibility index (Phi) is 7.44. The fourth-order valence-corrected chi connectivity index (χ4v) is 2.43. The topological polar surface area (TPSA) is 24.9 Å². The van der Waals surface area contributed by atoms with Crippen molar-refractivity contribution < 1.29 is 32.7 Å². The molecular formula is C20H18N2Y-2. The number of aromatic nitrogens is 1. The van der Waals surface area contributed by atoms with E-state index < -0.39 is 0 Å². The van der Waals surface area contributed by atoms with Crippen molar-refractivity contribution in [1.29, 1.82) is 0 Å². The van der Waals surface area contributed by atoms with Gasteiger partial charge in [0.2, 0.25) is 0 Å². The summed E-state index contributed by atoms with van der Waals surface area (Å²) >= 11 is 0. The van der Waals surface area contributed by atoms with E-state index in [9.17, 15) is 0 Å². The number of hydrogen-bond donors (Lipinski definition) is 1. The van der Waals surface area contributed by atoms with Crippen LogP contribution >= 0.6 is 0 Å². The standard InChI is InChI=1S/C20H18N2.Y/c1-2-8-17(9-3-1)10-6-11-18-12-7-13-19(16-18)22-20-14-4-5-15-21-20;/h1-2,5,7-9,12-16H,6,10-11H2,(H,21,22);/q-2;. The normalized spacial score (nSPS) is 9.91. The minimum Gasteiger partial charge on any atom is -0.393 e. The molecule has 0 aliphatic carbocycles. The van der Waals surface area contributed by atoms with Gasteiger partial charge in [-0.25, -0.2) is 0 Å². The van der Waals surface area contributed by atoms with Crippen molar-refractivity contribution in [2.45, 2.75) is 19.3 Å². The number of nitrogens with zero attached hydrogens (tertiary/aromatic N) is 1. The minimum absolute atomic E-state index is 0. The quantitative estimate of drug-likeness (QED) is 0.637. The molecule has 0 amide bonds. The first-order valence-electron chi connectivity index (χ1n) is 7.53. The van der Waals surface area contributed by atoms with Gasteiger partial charge in [0.05, 0.1) is 0 Å². The molecule has 0 aliphatic heterocycles. The molecule has 0 unspecified atom stereocenters. The van der Waals surface area contributed by atoms with Crippen LogP contribution in [0.25, 0.3) is 0 Å². The third kappa shape index (κ3) is 5.89. The Morgan fingerprint density at radius 2 is 1.74 bits per heavy atom. The van der Waals surface area contributed by atoms with Crippen LogP contribution < -0.4 is 5.32 Å². The molecule has 0 fully saturated rings. The molecule has 0 spiro atoms. The molecule has 2 aromatic carbocycles. The van der Waals surface area contributed by atoms with E-state index in [1.165, 1.54) is 11.1 Å². The van der Waals surface area contributed by atoms with Crippen molar-refractivity contribution >= 4 is 11.5 Å². The van der Waals surface area contributed by atoms with Crippen molar-refractivity contribution in [3.63, 3.8) is 0 Å². The second kappa shape index (κ2) is 9.59. The summed E-state index contributed by atoms with van der Waals surface area (Å²) < 4.78 is 0. The Morgan fingerprint density at radius 3 is 2.52 bits per heavy atom. The van der Waals surface area contributed by atoms with Crippen LogP contribution in [-0.4, -0.2) is 4.98 Å². The first-order chi connectivity index (χ1) is 10.9. The molecule has 0 aliphatic rings. The van der Waals surface area contributed by atoms with Crippen molar-refractivity contribution in [3.8, 4) is 0 Å². The van der Waals surface area contributed by atoms with Crippen LogP contribution in [0.1, 0.15) is 17.5 Å². The smallest absolute Gasteiger partial charge is 0.0288 e. The van der Waals surface area contributed by atoms with Crippen molar-refractivity contribution in [3.05, 3.63) is 90.1 Å². The van der Waals surface area contributed by atoms with E-state index in [0.717, 1.165) is 30.8 Å². The van der Waals surface area contributed by atoms with E-state index >= 15 is 0 Å². The molecule has 0 saturated heterocycles. The van der Waals surface area contributed by atoms with Crippen molar-refractivity contribution in [2.75, 3.05) is 5.32 Å². The van der Waals surface area contributed by atoms with Crippen LogP contribution in [0.5, 0.6) is 0 Å². The first kappa shape index (κ1) is 17.8. The second-order valence-electron chi connectivity index (χ2n) is 5.23. The Balaban J connectivity index is 0.00000192. The summed E-state index contributed by atoms with van der Waals surface area (Å²) in [5, 5.41) is 3.31. The molecular weight excluding hydrogens is 357 g/mol. The van der Waals surface area contributed by atoms with Crippen LogP contribution in [0.3, 0.4) is 0 Å². The number of anilines is 2. The van der Waals surface area contributed by atoms with Crippen LogP contribution in [0, 0.1) is 12.1 Å². The van der Waals surface area contributed by atoms with Crippen LogP contribution in [0.2, 0.25) is 0 Å². The number of aryl methyl sites for hydroxylation is 2. The molecule has 3 rings (SSSR count). The summed E-state index contributed by atoms with van der Waals surface area (Å²) in [6.07, 6.45) is 5.03. The average Bonchev–Trinajstić information content (AvgIpc) is 2.57. The molecule has 0 atom stereocenters. The molecule has 1 aromatic heterocycles. The Hall–Kier alpha value is -1.51. The van der Waals surface area contributed by atoms with Gasteiger partial charge in [-0.1, -0.05) is 31.2 Å². The van der Waals surface area contributed by atoms with Crippen molar-refractivity contribution in [2.24, 2.45) is 0 Å². The van der Waals surface area contributed by atoms with Gasteiger partial charge in [0.1, 0.15) is 0 Å². The van der Waals surface area contributed by atoms with E-state index in [2.05, 4.69) is 58.8 Å². The fourth-order valence-electron chi connectivity index (χ4n) is 2.43. The summed E-state index contributed by atoms with van der Waals surface area (Å²) in [4.78, 5) is 4.26. The Morgan fingerprint density at radius 1 is 0.913 bits per heavy atom. The van der Waals surface area contributed by atoms with E-state index in [1.54, 1.807) is 12.3 Å². The maximum Gasteiger partial charge on any atom is 0.0288 e. The third-order valence-corrected chi connectivity index (χ3v) is 3.51. The van der Waals surface area contributed by atoms with Crippen LogP contribution in [0.15, 0.2) is 66.9 Å². The zero-order chi connectivity index (χ0) is 15.0. The van der Waals surface area contributed by atoms with Gasteiger partial charge >= 0.3 is 0 Å². The van der Waals surface area contributed by atoms with Gasteiger partial charge in [0, 0.05) is 44.2 Å². The summed E-state index contributed by atoms with van der Waals surface area (Å²) in [6.45, 7) is 0. The van der Waals surface area contributed by atoms with Gasteiger partial charge in [-0.15, -0.1) is 6.07 Å². The molecule has 3 heteroatoms. The Bertz CT molecular complexity index is 699. The zero-order valence-electron chi connectivity index (χ0n) is 13.0. The fraction of sp³-hybridized carbons (Fsp3) is 0.150. The van der Waals surface area contributed by atoms with E-state index in [0.29, 0.717) is 0 Å². The summed E-state index contributed by atoms with van der Waals surface area (Å²) in [7, 11) is 0. The van der Waals surface area contributed by atoms with Crippen LogP contribution in [-0.2, 0) is 45.6 Å². The third-order valence-electron chi connectivity index (χ3n) is 3.51. The number of nitrogens with one attached hydrogen (secondary N) is 1. The molecule has 1 heterocycles. The molecule has 0 bridgehead atoms. The van der Waals surface area contributed by atoms with E-state index in [4.69, 9.17) is 0 Å². The molecule has 23 heavy (non-hydrogen) atoms. The average molecular weight is 375 g/mol. The van der Waals surface area contributed by atoms with E-state index in [-0.39, 0.29) is 32.7 Å². The van der Waals surface area contributed by atoms with Gasteiger partial charge in [0.15, 0.2) is 0 Å². The van der Waals surface area contributed by atoms with Gasteiger partial charge in [-0.05, 0) is 24.1 Å². The number of rotatable bonds is 6. The molecule has 3 aromatic rings. The largest absolute Gasteiger partial charge is 0.393 e. The first-order valence-corrected chi connectivity index (χ1v) is 7.53. The molecule has 1 N–H and O–H groups in total. The van der Waals surface area contributed by atoms with Crippen LogP contribution in [0.4, 0.5) is 11.5 Å². The molecule has 0 saturated carbocycles. The van der Waals surface area contributed by atoms with Gasteiger partial charge < -0.3 is 10.3 Å². The monoisotopic (exact) mass is 375 g/mol. The van der Waals surface area contributed by atoms with Crippen molar-refractivity contribution in [1.82, 2.24) is 4.98 Å². The predicted molar refractivity (Wildman–Crippen MR) is 90.1 cm³/mol. The maximum atomic E-state index is 4.26. The summed E-state index contributed by atoms with van der Waals surface area (Å²) in [5.41, 5.74) is 3.75. The van der Waals surface area contributed by atoms with E-state index in [1.807, 2.05) is 18.2 Å². The van der Waals surface area contributed by atoms with Gasteiger partial charge in [0.25, 0.3) is 0 Å². The second-order valence-corrected chi connectivity index (χ2v) is 5.23. The Labute approximate surface area is 163 Å². The summed E-state index contributed by atoms with van der Waals surface area (Å²) in [6, 6.07) is 26.5. The zero-order valence-corrected chi connectivity index (χ0v) is 15.8. The molecule has 1 radical (unpaired) electrons. The predicted octanol–water partition coefficient (Wildman–Crippen LogP) is 4.60. The number of pyridine rings is 1. The number of hydrogen-bond acceptors (Lipinski definition) is 2. The summed E-state index contributed by atoms with van der Waals surface area (Å²) in [5.74, 6) is 0.819. The SMILES string of the molecule is [Y].[c-]1cccc(CCCc2cccc(Nc3c[c-]ccn3)c2)c1. The maximum absolute atomic E-state index is 4.26. The minimum atomic E-state index is 0. The van der Waals surface area contributed by atoms with Gasteiger partial charge in [-0.3, -0.25) is 0 Å². The molecule has 2 nitrogen and oxygen atoms in total. The van der Waals surface area contributed by atoms with Gasteiger partial charge in [-0.2, -0.15) is 48.0 Å². The molecule has 113 valence electrons.